The van der Waals surface area contributed by atoms with Crippen LogP contribution in [0.5, 0.6) is 0 Å². The van der Waals surface area contributed by atoms with Gasteiger partial charge in [-0.05, 0) is 62.8 Å². The van der Waals surface area contributed by atoms with Crippen molar-refractivity contribution in [2.75, 3.05) is 6.61 Å². The van der Waals surface area contributed by atoms with Crippen LogP contribution in [0.25, 0.3) is 0 Å². The fourth-order valence-corrected chi connectivity index (χ4v) is 3.52. The first-order valence-electron chi connectivity index (χ1n) is 7.04. The van der Waals surface area contributed by atoms with E-state index in [0.717, 1.165) is 43.4 Å². The highest BCUT2D eigenvalue weighted by Crippen LogP contribution is 2.45. The van der Waals surface area contributed by atoms with Crippen LogP contribution in [0.15, 0.2) is 18.2 Å². The topological polar surface area (TPSA) is 26.3 Å². The van der Waals surface area contributed by atoms with E-state index in [0.29, 0.717) is 5.02 Å². The Balaban J connectivity index is 1.79. The summed E-state index contributed by atoms with van der Waals surface area (Å²) >= 11 is 5.95. The van der Waals surface area contributed by atoms with Gasteiger partial charge in [0.25, 0.3) is 0 Å². The number of Topliss-reactive ketones (excluding diaryl/α,β-unsaturated/α-hetero) is 1. The Morgan fingerprint density at radius 1 is 1.42 bits per heavy atom. The van der Waals surface area contributed by atoms with E-state index < -0.39 is 0 Å². The molecule has 1 aromatic rings. The van der Waals surface area contributed by atoms with Crippen molar-refractivity contribution in [2.45, 2.75) is 44.6 Å². The Labute approximate surface area is 119 Å². The molecule has 1 heterocycles. The van der Waals surface area contributed by atoms with Crippen molar-refractivity contribution in [3.8, 4) is 0 Å². The number of ether oxygens (including phenoxy) is 1. The highest BCUT2D eigenvalue weighted by Gasteiger charge is 2.44. The van der Waals surface area contributed by atoms with Gasteiger partial charge in [-0.15, -0.1) is 0 Å². The number of benzene rings is 1. The minimum absolute atomic E-state index is 0.0267. The largest absolute Gasteiger partial charge is 0.375 e. The minimum atomic E-state index is 0.0267. The zero-order valence-electron chi connectivity index (χ0n) is 11.2. The van der Waals surface area contributed by atoms with Crippen molar-refractivity contribution in [1.29, 1.82) is 0 Å². The Kier molecular flexibility index (Phi) is 3.40. The molecule has 3 heteroatoms. The highest BCUT2D eigenvalue weighted by molar-refractivity contribution is 6.30. The van der Waals surface area contributed by atoms with Gasteiger partial charge in [0, 0.05) is 23.1 Å². The van der Waals surface area contributed by atoms with Crippen LogP contribution >= 0.6 is 11.6 Å². The summed E-state index contributed by atoms with van der Waals surface area (Å²) in [6.45, 7) is 2.68. The van der Waals surface area contributed by atoms with Gasteiger partial charge in [0.2, 0.25) is 0 Å². The summed E-state index contributed by atoms with van der Waals surface area (Å²) in [6.07, 6.45) is 5.23. The van der Waals surface area contributed by atoms with Crippen molar-refractivity contribution < 1.29 is 9.53 Å². The van der Waals surface area contributed by atoms with E-state index in [4.69, 9.17) is 16.3 Å². The van der Waals surface area contributed by atoms with Gasteiger partial charge in [0.05, 0.1) is 5.60 Å². The standard InChI is InChI=1S/C16H19ClO2/c1-11-9-13(17)3-4-14(11)15(18)12-5-8-19-16(10-12)6-2-7-16/h3-4,9,12H,2,5-8,10H2,1H3. The molecule has 0 aromatic heterocycles. The Morgan fingerprint density at radius 2 is 2.21 bits per heavy atom. The van der Waals surface area contributed by atoms with Crippen molar-refractivity contribution in [1.82, 2.24) is 0 Å². The average Bonchev–Trinajstić information content (AvgIpc) is 2.36. The van der Waals surface area contributed by atoms with Gasteiger partial charge in [0.15, 0.2) is 5.78 Å². The zero-order chi connectivity index (χ0) is 13.5. The van der Waals surface area contributed by atoms with Crippen LogP contribution in [-0.2, 0) is 4.74 Å². The SMILES string of the molecule is Cc1cc(Cl)ccc1C(=O)C1CCOC2(CCC2)C1. The maximum Gasteiger partial charge on any atom is 0.166 e. The normalized spacial score (nSPS) is 25.1. The van der Waals surface area contributed by atoms with Crippen molar-refractivity contribution >= 4 is 17.4 Å². The number of hydrogen-bond donors (Lipinski definition) is 0. The van der Waals surface area contributed by atoms with Gasteiger partial charge in [0.1, 0.15) is 0 Å². The van der Waals surface area contributed by atoms with E-state index in [1.54, 1.807) is 6.07 Å². The first-order chi connectivity index (χ1) is 9.10. The van der Waals surface area contributed by atoms with E-state index in [1.165, 1.54) is 6.42 Å². The molecule has 19 heavy (non-hydrogen) atoms. The number of carbonyl (C=O) groups excluding carboxylic acids is 1. The van der Waals surface area contributed by atoms with E-state index in [2.05, 4.69) is 0 Å². The van der Waals surface area contributed by atoms with Crippen LogP contribution in [0, 0.1) is 12.8 Å². The molecule has 3 rings (SSSR count). The molecule has 2 fully saturated rings. The molecule has 1 aliphatic carbocycles. The van der Waals surface area contributed by atoms with Gasteiger partial charge in [-0.25, -0.2) is 0 Å². The monoisotopic (exact) mass is 278 g/mol. The molecule has 1 atom stereocenters. The molecule has 102 valence electrons. The second kappa shape index (κ2) is 4.92. The molecule has 1 aromatic carbocycles. The Hall–Kier alpha value is -0.860. The number of ketones is 1. The average molecular weight is 279 g/mol. The third kappa shape index (κ3) is 2.44. The maximum atomic E-state index is 12.7. The van der Waals surface area contributed by atoms with E-state index in [-0.39, 0.29) is 17.3 Å². The summed E-state index contributed by atoms with van der Waals surface area (Å²) in [5.41, 5.74) is 1.83. The second-order valence-electron chi connectivity index (χ2n) is 5.90. The van der Waals surface area contributed by atoms with E-state index in [1.807, 2.05) is 19.1 Å². The molecule has 1 spiro atoms. The van der Waals surface area contributed by atoms with Gasteiger partial charge in [-0.3, -0.25) is 4.79 Å². The van der Waals surface area contributed by atoms with Crippen LogP contribution < -0.4 is 0 Å². The van der Waals surface area contributed by atoms with Crippen molar-refractivity contribution in [3.63, 3.8) is 0 Å². The van der Waals surface area contributed by atoms with Crippen LogP contribution in [0.2, 0.25) is 5.02 Å². The fourth-order valence-electron chi connectivity index (χ4n) is 3.29. The molecule has 0 amide bonds. The van der Waals surface area contributed by atoms with Crippen molar-refractivity contribution in [3.05, 3.63) is 34.3 Å². The van der Waals surface area contributed by atoms with Crippen LogP contribution in [0.1, 0.15) is 48.0 Å². The summed E-state index contributed by atoms with van der Waals surface area (Å²) in [5, 5.41) is 0.691. The highest BCUT2D eigenvalue weighted by atomic mass is 35.5. The molecule has 1 saturated carbocycles. The lowest BCUT2D eigenvalue weighted by molar-refractivity contribution is -0.137. The Morgan fingerprint density at radius 3 is 2.84 bits per heavy atom. The predicted molar refractivity (Wildman–Crippen MR) is 75.8 cm³/mol. The van der Waals surface area contributed by atoms with Gasteiger partial charge in [-0.1, -0.05) is 11.6 Å². The molecule has 2 aliphatic rings. The molecule has 1 aliphatic heterocycles. The van der Waals surface area contributed by atoms with E-state index in [9.17, 15) is 4.79 Å². The lowest BCUT2D eigenvalue weighted by atomic mass is 9.70. The second-order valence-corrected chi connectivity index (χ2v) is 6.33. The van der Waals surface area contributed by atoms with Gasteiger partial charge < -0.3 is 4.74 Å². The molecule has 0 radical (unpaired) electrons. The third-order valence-electron chi connectivity index (χ3n) is 4.58. The smallest absolute Gasteiger partial charge is 0.166 e. The number of aryl methyl sites for hydroxylation is 1. The number of hydrogen-bond acceptors (Lipinski definition) is 2. The first-order valence-corrected chi connectivity index (χ1v) is 7.42. The quantitative estimate of drug-likeness (QED) is 0.759. The molecular weight excluding hydrogens is 260 g/mol. The summed E-state index contributed by atoms with van der Waals surface area (Å²) in [5.74, 6) is 0.387. The predicted octanol–water partition coefficient (Wildman–Crippen LogP) is 4.18. The van der Waals surface area contributed by atoms with Crippen LogP contribution in [0.4, 0.5) is 0 Å². The van der Waals surface area contributed by atoms with Crippen LogP contribution in [-0.4, -0.2) is 18.0 Å². The number of halogens is 1. The molecule has 2 nitrogen and oxygen atoms in total. The van der Waals surface area contributed by atoms with Crippen molar-refractivity contribution in [2.24, 2.45) is 5.92 Å². The van der Waals surface area contributed by atoms with Gasteiger partial charge in [-0.2, -0.15) is 0 Å². The van der Waals surface area contributed by atoms with Gasteiger partial charge >= 0.3 is 0 Å². The summed E-state index contributed by atoms with van der Waals surface area (Å²) in [6, 6.07) is 5.54. The maximum absolute atomic E-state index is 12.7. The molecule has 1 unspecified atom stereocenters. The Bertz CT molecular complexity index is 505. The molecule has 1 saturated heterocycles. The number of rotatable bonds is 2. The number of carbonyl (C=O) groups is 1. The van der Waals surface area contributed by atoms with E-state index >= 15 is 0 Å². The third-order valence-corrected chi connectivity index (χ3v) is 4.82. The minimum Gasteiger partial charge on any atom is -0.375 e. The molecule has 0 bridgehead atoms. The van der Waals surface area contributed by atoms with Crippen LogP contribution in [0.3, 0.4) is 0 Å². The fraction of sp³-hybridized carbons (Fsp3) is 0.562. The lowest BCUT2D eigenvalue weighted by Gasteiger charge is -2.46. The zero-order valence-corrected chi connectivity index (χ0v) is 12.0. The molecular formula is C16H19ClO2. The summed E-state index contributed by atoms with van der Waals surface area (Å²) < 4.78 is 5.89. The lowest BCUT2D eigenvalue weighted by Crippen LogP contribution is -2.47. The summed E-state index contributed by atoms with van der Waals surface area (Å²) in [4.78, 5) is 12.7. The summed E-state index contributed by atoms with van der Waals surface area (Å²) in [7, 11) is 0. The first kappa shape index (κ1) is 13.1. The molecule has 0 N–H and O–H groups in total.